The van der Waals surface area contributed by atoms with Crippen molar-refractivity contribution in [3.63, 3.8) is 0 Å². The molecule has 5 heteroatoms. The van der Waals surface area contributed by atoms with E-state index in [0.29, 0.717) is 12.3 Å². The number of nitrogens with zero attached hydrogens (tertiary/aromatic N) is 2. The number of hydrogen-bond donors (Lipinski definition) is 1. The normalized spacial score (nSPS) is 14.2. The number of carbonyl (C=O) groups is 1. The molecule has 2 heterocycles. The number of benzene rings is 1. The number of amides is 1. The van der Waals surface area contributed by atoms with E-state index in [0.717, 1.165) is 24.5 Å². The summed E-state index contributed by atoms with van der Waals surface area (Å²) >= 11 is 0. The van der Waals surface area contributed by atoms with E-state index in [1.807, 2.05) is 48.7 Å². The summed E-state index contributed by atoms with van der Waals surface area (Å²) in [6.07, 6.45) is 5.50. The third kappa shape index (κ3) is 4.47. The van der Waals surface area contributed by atoms with Gasteiger partial charge in [0, 0.05) is 31.4 Å². The Hall–Kier alpha value is -2.56. The van der Waals surface area contributed by atoms with E-state index in [1.165, 1.54) is 19.3 Å². The summed E-state index contributed by atoms with van der Waals surface area (Å²) in [6.45, 7) is 2.56. The minimum atomic E-state index is -0.132. The second kappa shape index (κ2) is 8.34. The molecule has 1 fully saturated rings. The van der Waals surface area contributed by atoms with Crippen LogP contribution in [0, 0.1) is 0 Å². The van der Waals surface area contributed by atoms with Crippen molar-refractivity contribution in [2.45, 2.75) is 25.8 Å². The number of aromatic nitrogens is 1. The molecule has 126 valence electrons. The number of ether oxygens (including phenoxy) is 1. The Bertz CT molecular complexity index is 655. The summed E-state index contributed by atoms with van der Waals surface area (Å²) in [5.41, 5.74) is 1.05. The van der Waals surface area contributed by atoms with Crippen LogP contribution in [0.5, 0.6) is 5.75 Å². The van der Waals surface area contributed by atoms with Gasteiger partial charge in [-0.15, -0.1) is 0 Å². The molecular formula is C19H23N3O2. The van der Waals surface area contributed by atoms with Crippen molar-refractivity contribution in [2.75, 3.05) is 24.6 Å². The predicted molar refractivity (Wildman–Crippen MR) is 94.1 cm³/mol. The van der Waals surface area contributed by atoms with Gasteiger partial charge in [-0.2, -0.15) is 0 Å². The van der Waals surface area contributed by atoms with Crippen LogP contribution in [0.25, 0.3) is 0 Å². The third-order valence-electron chi connectivity index (χ3n) is 4.11. The lowest BCUT2D eigenvalue weighted by Gasteiger charge is -2.29. The van der Waals surface area contributed by atoms with Crippen molar-refractivity contribution in [3.05, 3.63) is 54.2 Å². The molecule has 1 amide bonds. The predicted octanol–water partition coefficient (Wildman–Crippen LogP) is 2.77. The van der Waals surface area contributed by atoms with Crippen LogP contribution < -0.4 is 15.0 Å². The zero-order chi connectivity index (χ0) is 16.6. The number of anilines is 1. The standard InChI is InChI=1S/C19H23N3O2/c23-18(15-24-17-9-3-1-4-10-17)21-14-16-8-7-11-20-19(16)22-12-5-2-6-13-22/h1,3-4,7-11H,2,5-6,12-15H2,(H,21,23). The molecule has 2 aromatic rings. The van der Waals surface area contributed by atoms with Gasteiger partial charge in [0.1, 0.15) is 11.6 Å². The number of para-hydroxylation sites is 1. The summed E-state index contributed by atoms with van der Waals surface area (Å²) in [6, 6.07) is 13.3. The smallest absolute Gasteiger partial charge is 0.258 e. The van der Waals surface area contributed by atoms with E-state index in [1.54, 1.807) is 0 Å². The van der Waals surface area contributed by atoms with Crippen molar-refractivity contribution in [3.8, 4) is 5.75 Å². The molecule has 1 aliphatic rings. The van der Waals surface area contributed by atoms with E-state index in [-0.39, 0.29) is 12.5 Å². The Morgan fingerprint density at radius 1 is 1.08 bits per heavy atom. The first kappa shape index (κ1) is 16.3. The Morgan fingerprint density at radius 3 is 2.67 bits per heavy atom. The molecule has 1 N–H and O–H groups in total. The van der Waals surface area contributed by atoms with E-state index >= 15 is 0 Å². The lowest BCUT2D eigenvalue weighted by Crippen LogP contribution is -2.33. The number of rotatable bonds is 6. The molecule has 0 bridgehead atoms. The maximum absolute atomic E-state index is 12.0. The van der Waals surface area contributed by atoms with Crippen molar-refractivity contribution >= 4 is 11.7 Å². The Morgan fingerprint density at radius 2 is 1.88 bits per heavy atom. The highest BCUT2D eigenvalue weighted by atomic mass is 16.5. The fourth-order valence-electron chi connectivity index (χ4n) is 2.87. The molecule has 0 spiro atoms. The monoisotopic (exact) mass is 325 g/mol. The average molecular weight is 325 g/mol. The van der Waals surface area contributed by atoms with Crippen LogP contribution in [0.15, 0.2) is 48.7 Å². The maximum atomic E-state index is 12.0. The summed E-state index contributed by atoms with van der Waals surface area (Å²) in [5, 5.41) is 2.92. The number of carbonyl (C=O) groups excluding carboxylic acids is 1. The summed E-state index contributed by atoms with van der Waals surface area (Å²) in [4.78, 5) is 18.8. The van der Waals surface area contributed by atoms with Gasteiger partial charge in [-0.25, -0.2) is 4.98 Å². The third-order valence-corrected chi connectivity index (χ3v) is 4.11. The minimum Gasteiger partial charge on any atom is -0.484 e. The summed E-state index contributed by atoms with van der Waals surface area (Å²) in [7, 11) is 0. The first-order chi connectivity index (χ1) is 11.8. The molecule has 0 saturated carbocycles. The quantitative estimate of drug-likeness (QED) is 0.887. The molecule has 0 radical (unpaired) electrons. The lowest BCUT2D eigenvalue weighted by atomic mass is 10.1. The average Bonchev–Trinajstić information content (AvgIpc) is 2.66. The number of hydrogen-bond acceptors (Lipinski definition) is 4. The molecule has 0 unspecified atom stereocenters. The Labute approximate surface area is 142 Å². The molecule has 24 heavy (non-hydrogen) atoms. The van der Waals surface area contributed by atoms with E-state index < -0.39 is 0 Å². The van der Waals surface area contributed by atoms with Gasteiger partial charge in [0.25, 0.3) is 5.91 Å². The Balaban J connectivity index is 1.53. The van der Waals surface area contributed by atoms with Crippen LogP contribution in [0.3, 0.4) is 0 Å². The molecule has 1 aromatic heterocycles. The largest absolute Gasteiger partial charge is 0.484 e. The highest BCUT2D eigenvalue weighted by Crippen LogP contribution is 2.21. The topological polar surface area (TPSA) is 54.5 Å². The van der Waals surface area contributed by atoms with Crippen LogP contribution in [0.4, 0.5) is 5.82 Å². The molecule has 1 saturated heterocycles. The molecule has 1 aromatic carbocycles. The minimum absolute atomic E-state index is 0.0172. The van der Waals surface area contributed by atoms with E-state index in [4.69, 9.17) is 4.74 Å². The fourth-order valence-corrected chi connectivity index (χ4v) is 2.87. The second-order valence-corrected chi connectivity index (χ2v) is 5.91. The van der Waals surface area contributed by atoms with Crippen LogP contribution in [-0.4, -0.2) is 30.6 Å². The van der Waals surface area contributed by atoms with E-state index in [2.05, 4.69) is 15.2 Å². The molecule has 1 aliphatic heterocycles. The number of piperidine rings is 1. The van der Waals surface area contributed by atoms with Crippen LogP contribution in [0.1, 0.15) is 24.8 Å². The number of nitrogens with one attached hydrogen (secondary N) is 1. The molecule has 5 nitrogen and oxygen atoms in total. The first-order valence-electron chi connectivity index (χ1n) is 8.46. The second-order valence-electron chi connectivity index (χ2n) is 5.91. The van der Waals surface area contributed by atoms with Gasteiger partial charge in [-0.05, 0) is 37.5 Å². The zero-order valence-corrected chi connectivity index (χ0v) is 13.8. The van der Waals surface area contributed by atoms with Gasteiger partial charge in [0.05, 0.1) is 0 Å². The van der Waals surface area contributed by atoms with Gasteiger partial charge in [0.15, 0.2) is 6.61 Å². The van der Waals surface area contributed by atoms with Crippen molar-refractivity contribution in [1.29, 1.82) is 0 Å². The SMILES string of the molecule is O=C(COc1ccccc1)NCc1cccnc1N1CCCCC1. The maximum Gasteiger partial charge on any atom is 0.258 e. The van der Waals surface area contributed by atoms with Crippen LogP contribution in [-0.2, 0) is 11.3 Å². The van der Waals surface area contributed by atoms with Gasteiger partial charge in [-0.3, -0.25) is 4.79 Å². The van der Waals surface area contributed by atoms with Crippen LogP contribution >= 0.6 is 0 Å². The van der Waals surface area contributed by atoms with Gasteiger partial charge in [0.2, 0.25) is 0 Å². The van der Waals surface area contributed by atoms with Crippen LogP contribution in [0.2, 0.25) is 0 Å². The van der Waals surface area contributed by atoms with Gasteiger partial charge >= 0.3 is 0 Å². The molecular weight excluding hydrogens is 302 g/mol. The highest BCUT2D eigenvalue weighted by molar-refractivity contribution is 5.77. The van der Waals surface area contributed by atoms with Crippen molar-refractivity contribution in [2.24, 2.45) is 0 Å². The number of pyridine rings is 1. The van der Waals surface area contributed by atoms with E-state index in [9.17, 15) is 4.79 Å². The molecule has 0 aliphatic carbocycles. The fraction of sp³-hybridized carbons (Fsp3) is 0.368. The summed E-state index contributed by atoms with van der Waals surface area (Å²) in [5.74, 6) is 1.55. The van der Waals surface area contributed by atoms with Crippen molar-refractivity contribution in [1.82, 2.24) is 10.3 Å². The highest BCUT2D eigenvalue weighted by Gasteiger charge is 2.15. The van der Waals surface area contributed by atoms with Gasteiger partial charge in [-0.1, -0.05) is 24.3 Å². The lowest BCUT2D eigenvalue weighted by molar-refractivity contribution is -0.123. The first-order valence-corrected chi connectivity index (χ1v) is 8.46. The van der Waals surface area contributed by atoms with Crippen molar-refractivity contribution < 1.29 is 9.53 Å². The summed E-state index contributed by atoms with van der Waals surface area (Å²) < 4.78 is 5.46. The molecule has 3 rings (SSSR count). The Kier molecular flexibility index (Phi) is 5.66. The zero-order valence-electron chi connectivity index (χ0n) is 13.8. The van der Waals surface area contributed by atoms with Gasteiger partial charge < -0.3 is 15.0 Å². The molecule has 0 atom stereocenters.